The van der Waals surface area contributed by atoms with Crippen LogP contribution in [0.25, 0.3) is 0 Å². The zero-order chi connectivity index (χ0) is 16.2. The number of methoxy groups -OCH3 is 1. The topological polar surface area (TPSA) is 81.4 Å². The zero-order valence-corrected chi connectivity index (χ0v) is 13.8. The van der Waals surface area contributed by atoms with Crippen molar-refractivity contribution in [2.24, 2.45) is 11.7 Å². The molecule has 0 aromatic heterocycles. The quantitative estimate of drug-likeness (QED) is 0.795. The third kappa shape index (κ3) is 4.62. The molecule has 1 aromatic rings. The summed E-state index contributed by atoms with van der Waals surface area (Å²) in [7, 11) is -2.40. The Morgan fingerprint density at radius 2 is 2.05 bits per heavy atom. The van der Waals surface area contributed by atoms with E-state index in [9.17, 15) is 12.8 Å². The number of hydrogen-bond donors (Lipinski definition) is 2. The molecule has 0 radical (unpaired) electrons. The maximum atomic E-state index is 13.7. The second kappa shape index (κ2) is 7.51. The van der Waals surface area contributed by atoms with Gasteiger partial charge in [-0.05, 0) is 23.6 Å². The van der Waals surface area contributed by atoms with Crippen LogP contribution in [0, 0.1) is 11.7 Å². The molecule has 1 unspecified atom stereocenters. The molecule has 0 heterocycles. The summed E-state index contributed by atoms with van der Waals surface area (Å²) in [5.74, 6) is -0.793. The predicted molar refractivity (Wildman–Crippen MR) is 80.1 cm³/mol. The lowest BCUT2D eigenvalue weighted by Gasteiger charge is -2.21. The average molecular weight is 339 g/mol. The molecular formula is C13H20ClFN2O3S. The minimum atomic E-state index is -3.88. The van der Waals surface area contributed by atoms with E-state index in [4.69, 9.17) is 22.1 Å². The lowest BCUT2D eigenvalue weighted by molar-refractivity contribution is 0.157. The molecular weight excluding hydrogens is 319 g/mol. The van der Waals surface area contributed by atoms with Gasteiger partial charge in [0.15, 0.2) is 0 Å². The Kier molecular flexibility index (Phi) is 6.55. The highest BCUT2D eigenvalue weighted by Gasteiger charge is 2.24. The first kappa shape index (κ1) is 18.3. The molecule has 8 heteroatoms. The van der Waals surface area contributed by atoms with Crippen molar-refractivity contribution in [1.29, 1.82) is 0 Å². The predicted octanol–water partition coefficient (Wildman–Crippen LogP) is 1.89. The summed E-state index contributed by atoms with van der Waals surface area (Å²) in [5, 5.41) is -0.159. The van der Waals surface area contributed by atoms with E-state index in [1.54, 1.807) is 0 Å². The molecule has 1 aromatic carbocycles. The van der Waals surface area contributed by atoms with Gasteiger partial charge in [-0.1, -0.05) is 25.4 Å². The number of hydrogen-bond acceptors (Lipinski definition) is 4. The monoisotopic (exact) mass is 338 g/mol. The normalized spacial score (nSPS) is 13.7. The van der Waals surface area contributed by atoms with E-state index in [0.717, 1.165) is 6.07 Å². The van der Waals surface area contributed by atoms with Gasteiger partial charge in [-0.2, -0.15) is 0 Å². The van der Waals surface area contributed by atoms with Crippen molar-refractivity contribution < 1.29 is 17.5 Å². The second-order valence-electron chi connectivity index (χ2n) is 5.01. The molecule has 1 atom stereocenters. The number of ether oxygens (including phenoxy) is 1. The fraction of sp³-hybridized carbons (Fsp3) is 0.538. The summed E-state index contributed by atoms with van der Waals surface area (Å²) in [5.41, 5.74) is 5.68. The third-order valence-corrected chi connectivity index (χ3v) is 4.96. The lowest BCUT2D eigenvalue weighted by Crippen LogP contribution is -2.41. The Bertz CT molecular complexity index is 593. The first-order chi connectivity index (χ1) is 9.72. The van der Waals surface area contributed by atoms with Gasteiger partial charge in [0.1, 0.15) is 5.82 Å². The number of nitrogens with one attached hydrogen (secondary N) is 1. The molecule has 0 aliphatic carbocycles. The third-order valence-electron chi connectivity index (χ3n) is 3.06. The number of benzene rings is 1. The minimum Gasteiger partial charge on any atom is -0.383 e. The van der Waals surface area contributed by atoms with Gasteiger partial charge < -0.3 is 10.5 Å². The van der Waals surface area contributed by atoms with E-state index < -0.39 is 21.9 Å². The van der Waals surface area contributed by atoms with Crippen LogP contribution in [0.4, 0.5) is 4.39 Å². The molecule has 0 aliphatic heterocycles. The van der Waals surface area contributed by atoms with Crippen LogP contribution < -0.4 is 10.5 Å². The summed E-state index contributed by atoms with van der Waals surface area (Å²) < 4.78 is 45.9. The molecule has 21 heavy (non-hydrogen) atoms. The summed E-state index contributed by atoms with van der Waals surface area (Å²) in [6.07, 6.45) is 0. The zero-order valence-electron chi connectivity index (χ0n) is 12.2. The van der Waals surface area contributed by atoms with Crippen LogP contribution in [0.2, 0.25) is 5.02 Å². The van der Waals surface area contributed by atoms with Crippen LogP contribution in [0.15, 0.2) is 17.0 Å². The van der Waals surface area contributed by atoms with Crippen LogP contribution in [0.5, 0.6) is 0 Å². The van der Waals surface area contributed by atoms with Gasteiger partial charge in [-0.15, -0.1) is 0 Å². The summed E-state index contributed by atoms with van der Waals surface area (Å²) >= 11 is 5.73. The van der Waals surface area contributed by atoms with Crippen molar-refractivity contribution in [3.05, 3.63) is 28.5 Å². The Labute approximate surface area is 129 Å². The lowest BCUT2D eigenvalue weighted by atomic mass is 10.1. The SMILES string of the molecule is COCC(NS(=O)(=O)c1cc(F)c(Cl)c(CN)c1)C(C)C. The minimum absolute atomic E-state index is 0.0193. The highest BCUT2D eigenvalue weighted by molar-refractivity contribution is 7.89. The van der Waals surface area contributed by atoms with Gasteiger partial charge in [0, 0.05) is 19.7 Å². The largest absolute Gasteiger partial charge is 0.383 e. The fourth-order valence-electron chi connectivity index (χ4n) is 1.73. The van der Waals surface area contributed by atoms with Crippen molar-refractivity contribution in [1.82, 2.24) is 4.72 Å². The van der Waals surface area contributed by atoms with Gasteiger partial charge in [0.2, 0.25) is 10.0 Å². The van der Waals surface area contributed by atoms with E-state index in [1.807, 2.05) is 13.8 Å². The van der Waals surface area contributed by atoms with Crippen LogP contribution in [-0.4, -0.2) is 28.2 Å². The molecule has 0 saturated heterocycles. The van der Waals surface area contributed by atoms with E-state index >= 15 is 0 Å². The maximum Gasteiger partial charge on any atom is 0.241 e. The first-order valence-corrected chi connectivity index (χ1v) is 8.28. The first-order valence-electron chi connectivity index (χ1n) is 6.42. The molecule has 0 bridgehead atoms. The Morgan fingerprint density at radius 1 is 1.43 bits per heavy atom. The number of halogens is 2. The molecule has 0 fully saturated rings. The van der Waals surface area contributed by atoms with Crippen LogP contribution >= 0.6 is 11.6 Å². The molecule has 0 aliphatic rings. The highest BCUT2D eigenvalue weighted by Crippen LogP contribution is 2.24. The summed E-state index contributed by atoms with van der Waals surface area (Å²) in [4.78, 5) is -0.202. The summed E-state index contributed by atoms with van der Waals surface area (Å²) in [6, 6.07) is 1.74. The van der Waals surface area contributed by atoms with Crippen LogP contribution in [0.1, 0.15) is 19.4 Å². The van der Waals surface area contributed by atoms with Gasteiger partial charge in [-0.3, -0.25) is 0 Å². The van der Waals surface area contributed by atoms with E-state index in [2.05, 4.69) is 4.72 Å². The standard InChI is InChI=1S/C13H20ClFN2O3S/c1-8(2)12(7-20-3)17-21(18,19)10-4-9(6-16)13(14)11(15)5-10/h4-5,8,12,17H,6-7,16H2,1-3H3. The molecule has 0 amide bonds. The maximum absolute atomic E-state index is 13.7. The smallest absolute Gasteiger partial charge is 0.241 e. The van der Waals surface area contributed by atoms with Gasteiger partial charge in [0.05, 0.1) is 16.5 Å². The van der Waals surface area contributed by atoms with Crippen molar-refractivity contribution in [3.63, 3.8) is 0 Å². The van der Waals surface area contributed by atoms with Crippen molar-refractivity contribution >= 4 is 21.6 Å². The molecule has 0 spiro atoms. The molecule has 0 saturated carbocycles. The molecule has 3 N–H and O–H groups in total. The van der Waals surface area contributed by atoms with E-state index in [1.165, 1.54) is 13.2 Å². The van der Waals surface area contributed by atoms with Crippen LogP contribution in [-0.2, 0) is 21.3 Å². The highest BCUT2D eigenvalue weighted by atomic mass is 35.5. The molecule has 1 rings (SSSR count). The Hall–Kier alpha value is -0.730. The fourth-order valence-corrected chi connectivity index (χ4v) is 3.35. The molecule has 120 valence electrons. The molecule has 5 nitrogen and oxygen atoms in total. The van der Waals surface area contributed by atoms with Gasteiger partial charge >= 0.3 is 0 Å². The number of rotatable bonds is 7. The number of nitrogens with two attached hydrogens (primary N) is 1. The van der Waals surface area contributed by atoms with Crippen molar-refractivity contribution in [2.75, 3.05) is 13.7 Å². The second-order valence-corrected chi connectivity index (χ2v) is 7.10. The summed E-state index contributed by atoms with van der Waals surface area (Å²) in [6.45, 7) is 3.89. The van der Waals surface area contributed by atoms with Crippen LogP contribution in [0.3, 0.4) is 0 Å². The van der Waals surface area contributed by atoms with Gasteiger partial charge in [0.25, 0.3) is 0 Å². The average Bonchev–Trinajstić information content (AvgIpc) is 2.40. The van der Waals surface area contributed by atoms with Crippen molar-refractivity contribution in [2.45, 2.75) is 31.3 Å². The number of sulfonamides is 1. The Balaban J connectivity index is 3.16. The van der Waals surface area contributed by atoms with Crippen molar-refractivity contribution in [3.8, 4) is 0 Å². The van der Waals surface area contributed by atoms with E-state index in [0.29, 0.717) is 0 Å². The Morgan fingerprint density at radius 3 is 2.52 bits per heavy atom. The van der Waals surface area contributed by atoms with Gasteiger partial charge in [-0.25, -0.2) is 17.5 Å². The van der Waals surface area contributed by atoms with E-state index in [-0.39, 0.29) is 34.6 Å².